The molecule has 0 heterocycles. The average Bonchev–Trinajstić information content (AvgIpc) is 2.32. The van der Waals surface area contributed by atoms with Crippen LogP contribution >= 0.6 is 23.2 Å². The summed E-state index contributed by atoms with van der Waals surface area (Å²) in [5.74, 6) is 0.427. The summed E-state index contributed by atoms with van der Waals surface area (Å²) < 4.78 is -0.622. The summed E-state index contributed by atoms with van der Waals surface area (Å²) in [7, 11) is 0. The predicted octanol–water partition coefficient (Wildman–Crippen LogP) is 0.324. The van der Waals surface area contributed by atoms with Crippen molar-refractivity contribution in [3.05, 3.63) is 0 Å². The van der Waals surface area contributed by atoms with Crippen molar-refractivity contribution in [1.29, 1.82) is 0 Å². The van der Waals surface area contributed by atoms with E-state index in [0.29, 0.717) is 13.1 Å². The Hall–Kier alpha value is 0.500. The first-order valence-electron chi connectivity index (χ1n) is 2.92. The van der Waals surface area contributed by atoms with E-state index in [-0.39, 0.29) is 11.8 Å². The van der Waals surface area contributed by atoms with Gasteiger partial charge in [0, 0.05) is 11.8 Å². The largest absolute Gasteiger partial charge is 0.330 e. The van der Waals surface area contributed by atoms with Gasteiger partial charge >= 0.3 is 0 Å². The molecule has 1 fully saturated rings. The minimum Gasteiger partial charge on any atom is -0.330 e. The van der Waals surface area contributed by atoms with E-state index in [1.807, 2.05) is 0 Å². The number of hydrogen-bond donors (Lipinski definition) is 2. The molecule has 0 amide bonds. The van der Waals surface area contributed by atoms with Gasteiger partial charge in [-0.3, -0.25) is 0 Å². The van der Waals surface area contributed by atoms with Crippen LogP contribution in [0.1, 0.15) is 0 Å². The van der Waals surface area contributed by atoms with Crippen LogP contribution in [0.3, 0.4) is 0 Å². The van der Waals surface area contributed by atoms with Gasteiger partial charge in [0.1, 0.15) is 4.33 Å². The second-order valence-electron chi connectivity index (χ2n) is 2.36. The maximum Gasteiger partial charge on any atom is 0.127 e. The van der Waals surface area contributed by atoms with E-state index in [1.54, 1.807) is 0 Å². The SMILES string of the molecule is NC[C@@H]1[C@H](CN)C1(Cl)Cl. The Balaban J connectivity index is 2.45. The third-order valence-electron chi connectivity index (χ3n) is 1.87. The normalized spacial score (nSPS) is 38.7. The summed E-state index contributed by atoms with van der Waals surface area (Å²) in [6.45, 7) is 1.07. The molecule has 2 nitrogen and oxygen atoms in total. The van der Waals surface area contributed by atoms with Crippen molar-refractivity contribution in [2.45, 2.75) is 4.33 Å². The highest BCUT2D eigenvalue weighted by atomic mass is 35.5. The molecule has 1 saturated carbocycles. The molecule has 1 aliphatic carbocycles. The van der Waals surface area contributed by atoms with Gasteiger partial charge in [-0.05, 0) is 13.1 Å². The second kappa shape index (κ2) is 2.27. The van der Waals surface area contributed by atoms with E-state index in [9.17, 15) is 0 Å². The van der Waals surface area contributed by atoms with Crippen molar-refractivity contribution >= 4 is 23.2 Å². The zero-order chi connectivity index (χ0) is 7.07. The van der Waals surface area contributed by atoms with Crippen LogP contribution in [0, 0.1) is 11.8 Å². The first kappa shape index (κ1) is 7.61. The van der Waals surface area contributed by atoms with Crippen LogP contribution in [0.25, 0.3) is 0 Å². The summed E-state index contributed by atoms with van der Waals surface area (Å²) in [6.07, 6.45) is 0. The molecule has 1 aliphatic rings. The highest BCUT2D eigenvalue weighted by Crippen LogP contribution is 2.57. The van der Waals surface area contributed by atoms with Gasteiger partial charge in [0.2, 0.25) is 0 Å². The molecule has 0 bridgehead atoms. The quantitative estimate of drug-likeness (QED) is 0.585. The first-order chi connectivity index (χ1) is 4.14. The highest BCUT2D eigenvalue weighted by Gasteiger charge is 2.61. The van der Waals surface area contributed by atoms with Crippen molar-refractivity contribution in [3.63, 3.8) is 0 Å². The van der Waals surface area contributed by atoms with Gasteiger partial charge in [0.15, 0.2) is 0 Å². The van der Waals surface area contributed by atoms with Crippen LogP contribution in [0.2, 0.25) is 0 Å². The topological polar surface area (TPSA) is 52.0 Å². The van der Waals surface area contributed by atoms with Gasteiger partial charge in [-0.15, -0.1) is 23.2 Å². The molecular formula is C5H10Cl2N2. The first-order valence-corrected chi connectivity index (χ1v) is 3.68. The van der Waals surface area contributed by atoms with Gasteiger partial charge in [-0.2, -0.15) is 0 Å². The zero-order valence-electron chi connectivity index (χ0n) is 4.98. The minimum absolute atomic E-state index is 0.214. The van der Waals surface area contributed by atoms with Gasteiger partial charge in [0.25, 0.3) is 0 Å². The number of halogens is 2. The van der Waals surface area contributed by atoms with Gasteiger partial charge in [0.05, 0.1) is 0 Å². The average molecular weight is 169 g/mol. The van der Waals surface area contributed by atoms with E-state index in [1.165, 1.54) is 0 Å². The molecule has 0 aromatic carbocycles. The maximum absolute atomic E-state index is 5.78. The molecule has 1 rings (SSSR count). The zero-order valence-corrected chi connectivity index (χ0v) is 6.49. The highest BCUT2D eigenvalue weighted by molar-refractivity contribution is 6.51. The molecule has 0 aliphatic heterocycles. The van der Waals surface area contributed by atoms with Gasteiger partial charge < -0.3 is 11.5 Å². The Labute approximate surface area is 64.5 Å². The molecule has 54 valence electrons. The molecule has 0 aromatic rings. The molecule has 9 heavy (non-hydrogen) atoms. The van der Waals surface area contributed by atoms with Gasteiger partial charge in [-0.25, -0.2) is 0 Å². The molecule has 0 radical (unpaired) electrons. The van der Waals surface area contributed by atoms with E-state index in [0.717, 1.165) is 0 Å². The lowest BCUT2D eigenvalue weighted by Gasteiger charge is -1.91. The fraction of sp³-hybridized carbons (Fsp3) is 1.00. The lowest BCUT2D eigenvalue weighted by Crippen LogP contribution is -2.08. The summed E-state index contributed by atoms with van der Waals surface area (Å²) >= 11 is 11.6. The molecule has 0 aromatic heterocycles. The summed E-state index contributed by atoms with van der Waals surface area (Å²) in [6, 6.07) is 0. The van der Waals surface area contributed by atoms with E-state index >= 15 is 0 Å². The Bertz CT molecular complexity index is 104. The van der Waals surface area contributed by atoms with Crippen molar-refractivity contribution in [2.75, 3.05) is 13.1 Å². The summed E-state index contributed by atoms with van der Waals surface area (Å²) in [4.78, 5) is 0. The molecule has 0 unspecified atom stereocenters. The van der Waals surface area contributed by atoms with Crippen LogP contribution in [0.15, 0.2) is 0 Å². The molecular weight excluding hydrogens is 159 g/mol. The third-order valence-corrected chi connectivity index (χ3v) is 2.99. The predicted molar refractivity (Wildman–Crippen MR) is 39.5 cm³/mol. The summed E-state index contributed by atoms with van der Waals surface area (Å²) in [5.41, 5.74) is 10.7. The number of rotatable bonds is 2. The molecule has 0 saturated heterocycles. The number of alkyl halides is 2. The number of hydrogen-bond acceptors (Lipinski definition) is 2. The Morgan fingerprint density at radius 1 is 1.11 bits per heavy atom. The molecule has 0 spiro atoms. The fourth-order valence-electron chi connectivity index (χ4n) is 1.10. The standard InChI is InChI=1S/C5H10Cl2N2/c6-5(7)3(1-8)4(5)2-9/h3-4H,1-2,8-9H2/t3-,4+. The van der Waals surface area contributed by atoms with Crippen molar-refractivity contribution in [3.8, 4) is 0 Å². The summed E-state index contributed by atoms with van der Waals surface area (Å²) in [5, 5.41) is 0. The minimum atomic E-state index is -0.622. The molecule has 4 N–H and O–H groups in total. The monoisotopic (exact) mass is 168 g/mol. The van der Waals surface area contributed by atoms with E-state index < -0.39 is 4.33 Å². The number of nitrogens with two attached hydrogens (primary N) is 2. The van der Waals surface area contributed by atoms with Crippen LogP contribution in [0.5, 0.6) is 0 Å². The third kappa shape index (κ3) is 1.05. The smallest absolute Gasteiger partial charge is 0.127 e. The Kier molecular flexibility index (Phi) is 1.92. The van der Waals surface area contributed by atoms with Crippen LogP contribution < -0.4 is 11.5 Å². The van der Waals surface area contributed by atoms with Crippen LogP contribution in [-0.4, -0.2) is 17.4 Å². The lowest BCUT2D eigenvalue weighted by molar-refractivity contribution is 0.715. The van der Waals surface area contributed by atoms with Crippen LogP contribution in [0.4, 0.5) is 0 Å². The molecule has 4 heteroatoms. The van der Waals surface area contributed by atoms with E-state index in [2.05, 4.69) is 0 Å². The van der Waals surface area contributed by atoms with Crippen molar-refractivity contribution in [2.24, 2.45) is 23.3 Å². The van der Waals surface area contributed by atoms with Crippen LogP contribution in [-0.2, 0) is 0 Å². The van der Waals surface area contributed by atoms with E-state index in [4.69, 9.17) is 34.7 Å². The van der Waals surface area contributed by atoms with Crippen molar-refractivity contribution in [1.82, 2.24) is 0 Å². The lowest BCUT2D eigenvalue weighted by atomic mass is 10.3. The Morgan fingerprint density at radius 3 is 1.56 bits per heavy atom. The second-order valence-corrected chi connectivity index (χ2v) is 3.80. The van der Waals surface area contributed by atoms with Gasteiger partial charge in [-0.1, -0.05) is 0 Å². The van der Waals surface area contributed by atoms with Crippen molar-refractivity contribution < 1.29 is 0 Å². The maximum atomic E-state index is 5.78. The fourth-order valence-corrected chi connectivity index (χ4v) is 1.94. The Morgan fingerprint density at radius 2 is 1.44 bits per heavy atom. The molecule has 2 atom stereocenters.